The van der Waals surface area contributed by atoms with Gasteiger partial charge in [0.1, 0.15) is 5.75 Å². The van der Waals surface area contributed by atoms with Crippen LogP contribution in [0.25, 0.3) is 10.4 Å². The van der Waals surface area contributed by atoms with Crippen LogP contribution in [0.15, 0.2) is 46.9 Å². The second-order valence-electron chi connectivity index (χ2n) is 8.86. The van der Waals surface area contributed by atoms with Crippen molar-refractivity contribution < 1.29 is 24.6 Å². The molecule has 0 atom stereocenters. The molecule has 4 N–H and O–H groups in total. The van der Waals surface area contributed by atoms with Crippen LogP contribution < -0.4 is 10.7 Å². The Morgan fingerprint density at radius 3 is 2.23 bits per heavy atom. The molecule has 2 aromatic heterocycles. The predicted molar refractivity (Wildman–Crippen MR) is 139 cm³/mol. The van der Waals surface area contributed by atoms with E-state index in [-0.39, 0.29) is 29.0 Å². The van der Waals surface area contributed by atoms with Crippen molar-refractivity contribution in [3.8, 4) is 16.2 Å². The van der Waals surface area contributed by atoms with Crippen LogP contribution in [0.4, 0.5) is 0 Å². The summed E-state index contributed by atoms with van der Waals surface area (Å²) in [6, 6.07) is 11.1. The predicted octanol–water partition coefficient (Wildman–Crippen LogP) is 4.84. The topological polar surface area (TPSA) is 128 Å². The number of carboxylic acids is 1. The average Bonchev–Trinajstić information content (AvgIpc) is 3.44. The number of nitrogens with zero attached hydrogens (tertiary/aromatic N) is 1. The van der Waals surface area contributed by atoms with Gasteiger partial charge in [-0.1, -0.05) is 45.0 Å². The third kappa shape index (κ3) is 6.55. The summed E-state index contributed by atoms with van der Waals surface area (Å²) in [6.07, 6.45) is -0.183. The fraction of sp³-hybridized carbons (Fsp3) is 0.280. The summed E-state index contributed by atoms with van der Waals surface area (Å²) in [6.45, 7) is 8.12. The Labute approximate surface area is 211 Å². The van der Waals surface area contributed by atoms with Crippen molar-refractivity contribution in [1.29, 1.82) is 0 Å². The van der Waals surface area contributed by atoms with Gasteiger partial charge in [0.25, 0.3) is 11.8 Å². The van der Waals surface area contributed by atoms with E-state index in [4.69, 9.17) is 5.11 Å². The highest BCUT2D eigenvalue weighted by molar-refractivity contribution is 7.16. The van der Waals surface area contributed by atoms with Gasteiger partial charge >= 0.3 is 5.97 Å². The minimum Gasteiger partial charge on any atom is -0.506 e. The molecule has 35 heavy (non-hydrogen) atoms. The standard InChI is InChI=1S/C25H27N3O5S2/c1-14(17-13-34-22(21(17)31)15-5-7-16(8-6-15)25(2,3)4)27-28-24(33)19-10-9-18(35-19)23(32)26-12-11-20(29)30/h5-10,13,31H,11-12H2,1-4H3,(H,26,32)(H,28,33)(H,29,30)/b27-14+. The number of rotatable bonds is 8. The highest BCUT2D eigenvalue weighted by atomic mass is 32.1. The Morgan fingerprint density at radius 1 is 1.00 bits per heavy atom. The van der Waals surface area contributed by atoms with Gasteiger partial charge in [0.05, 0.1) is 32.3 Å². The van der Waals surface area contributed by atoms with E-state index in [1.54, 1.807) is 12.3 Å². The van der Waals surface area contributed by atoms with Crippen LogP contribution in [0.3, 0.4) is 0 Å². The maximum atomic E-state index is 12.5. The number of thiophene rings is 2. The number of aromatic hydroxyl groups is 1. The maximum absolute atomic E-state index is 12.5. The van der Waals surface area contributed by atoms with E-state index in [0.29, 0.717) is 16.2 Å². The highest BCUT2D eigenvalue weighted by Crippen LogP contribution is 2.39. The summed E-state index contributed by atoms with van der Waals surface area (Å²) < 4.78 is 0. The molecule has 184 valence electrons. The SMILES string of the molecule is C/C(=N\NC(=O)c1ccc(C(=O)NCCC(=O)O)s1)c1csc(-c2ccc(C(C)(C)C)cc2)c1O. The van der Waals surface area contributed by atoms with Crippen LogP contribution >= 0.6 is 22.7 Å². The maximum Gasteiger partial charge on any atom is 0.305 e. The van der Waals surface area contributed by atoms with Crippen LogP contribution in [0.1, 0.15) is 64.6 Å². The van der Waals surface area contributed by atoms with E-state index in [2.05, 4.69) is 48.7 Å². The number of carbonyl (C=O) groups excluding carboxylic acids is 2. The second-order valence-corrected chi connectivity index (χ2v) is 10.8. The van der Waals surface area contributed by atoms with E-state index < -0.39 is 17.8 Å². The lowest BCUT2D eigenvalue weighted by Gasteiger charge is -2.19. The Morgan fingerprint density at radius 2 is 1.63 bits per heavy atom. The van der Waals surface area contributed by atoms with Gasteiger partial charge in [0, 0.05) is 11.9 Å². The first-order valence-electron chi connectivity index (χ1n) is 10.8. The molecule has 0 aliphatic carbocycles. The molecular weight excluding hydrogens is 486 g/mol. The summed E-state index contributed by atoms with van der Waals surface area (Å²) in [5.41, 5.74) is 5.55. The first-order chi connectivity index (χ1) is 16.5. The molecule has 0 fully saturated rings. The number of carbonyl (C=O) groups is 3. The van der Waals surface area contributed by atoms with E-state index in [9.17, 15) is 19.5 Å². The summed E-state index contributed by atoms with van der Waals surface area (Å²) in [5, 5.41) is 27.8. The lowest BCUT2D eigenvalue weighted by atomic mass is 9.86. The molecule has 2 amide bonds. The Balaban J connectivity index is 1.66. The van der Waals surface area contributed by atoms with Crippen LogP contribution in [0, 0.1) is 0 Å². The van der Waals surface area contributed by atoms with Gasteiger partial charge in [0.15, 0.2) is 0 Å². The van der Waals surface area contributed by atoms with Gasteiger partial charge < -0.3 is 15.5 Å². The summed E-state index contributed by atoms with van der Waals surface area (Å²) >= 11 is 2.37. The smallest absolute Gasteiger partial charge is 0.305 e. The number of hydrogen-bond acceptors (Lipinski definition) is 7. The van der Waals surface area contributed by atoms with Crippen LogP contribution in [0.2, 0.25) is 0 Å². The lowest BCUT2D eigenvalue weighted by molar-refractivity contribution is -0.136. The Hall–Kier alpha value is -3.50. The van der Waals surface area contributed by atoms with Crippen molar-refractivity contribution in [2.24, 2.45) is 5.10 Å². The highest BCUT2D eigenvalue weighted by Gasteiger charge is 2.18. The van der Waals surface area contributed by atoms with Gasteiger partial charge in [-0.2, -0.15) is 5.10 Å². The average molecular weight is 514 g/mol. The molecule has 0 aliphatic heterocycles. The van der Waals surface area contributed by atoms with E-state index in [1.807, 2.05) is 12.1 Å². The third-order valence-electron chi connectivity index (χ3n) is 5.17. The lowest BCUT2D eigenvalue weighted by Crippen LogP contribution is -2.25. The van der Waals surface area contributed by atoms with Crippen molar-refractivity contribution in [2.45, 2.75) is 39.5 Å². The Bertz CT molecular complexity index is 1270. The molecule has 0 saturated heterocycles. The molecule has 8 nitrogen and oxygen atoms in total. The van der Waals surface area contributed by atoms with Crippen LogP contribution in [-0.2, 0) is 10.2 Å². The first-order valence-corrected chi connectivity index (χ1v) is 12.5. The summed E-state index contributed by atoms with van der Waals surface area (Å²) in [7, 11) is 0. The molecule has 3 aromatic rings. The molecule has 0 spiro atoms. The molecule has 0 saturated carbocycles. The molecule has 0 aliphatic rings. The molecular formula is C25H27N3O5S2. The quantitative estimate of drug-likeness (QED) is 0.253. The van der Waals surface area contributed by atoms with E-state index in [1.165, 1.54) is 29.0 Å². The van der Waals surface area contributed by atoms with Gasteiger partial charge in [0.2, 0.25) is 0 Å². The van der Waals surface area contributed by atoms with Gasteiger partial charge in [-0.05, 0) is 35.6 Å². The second kappa shape index (κ2) is 10.8. The van der Waals surface area contributed by atoms with Crippen LogP contribution in [0.5, 0.6) is 5.75 Å². The monoisotopic (exact) mass is 513 g/mol. The number of hydrogen-bond donors (Lipinski definition) is 4. The molecule has 10 heteroatoms. The van der Waals surface area contributed by atoms with Gasteiger partial charge in [-0.15, -0.1) is 22.7 Å². The molecule has 0 radical (unpaired) electrons. The zero-order valence-corrected chi connectivity index (χ0v) is 21.5. The minimum absolute atomic E-state index is 0.00391. The molecule has 2 heterocycles. The molecule has 0 unspecified atom stereocenters. The fourth-order valence-corrected chi connectivity index (χ4v) is 4.96. The fourth-order valence-electron chi connectivity index (χ4n) is 3.14. The molecule has 3 rings (SSSR count). The van der Waals surface area contributed by atoms with Gasteiger partial charge in [-0.3, -0.25) is 14.4 Å². The summed E-state index contributed by atoms with van der Waals surface area (Å²) in [4.78, 5) is 36.4. The number of amides is 2. The molecule has 1 aromatic carbocycles. The largest absolute Gasteiger partial charge is 0.506 e. The Kier molecular flexibility index (Phi) is 8.08. The van der Waals surface area contributed by atoms with Crippen molar-refractivity contribution >= 4 is 46.2 Å². The van der Waals surface area contributed by atoms with Crippen molar-refractivity contribution in [3.63, 3.8) is 0 Å². The number of aliphatic carboxylic acids is 1. The first kappa shape index (κ1) is 26.1. The van der Waals surface area contributed by atoms with Crippen molar-refractivity contribution in [2.75, 3.05) is 6.54 Å². The number of carboxylic acid groups (broad SMARTS) is 1. The van der Waals surface area contributed by atoms with Gasteiger partial charge in [-0.25, -0.2) is 5.43 Å². The summed E-state index contributed by atoms with van der Waals surface area (Å²) in [5.74, 6) is -1.84. The number of nitrogens with one attached hydrogen (secondary N) is 2. The van der Waals surface area contributed by atoms with E-state index in [0.717, 1.165) is 21.8 Å². The number of hydrazone groups is 1. The number of benzene rings is 1. The van der Waals surface area contributed by atoms with Crippen molar-refractivity contribution in [3.05, 3.63) is 62.7 Å². The van der Waals surface area contributed by atoms with Crippen molar-refractivity contribution in [1.82, 2.24) is 10.7 Å². The third-order valence-corrected chi connectivity index (χ3v) is 7.27. The zero-order chi connectivity index (χ0) is 25.8. The normalized spacial score (nSPS) is 11.8. The van der Waals surface area contributed by atoms with Crippen LogP contribution in [-0.4, -0.2) is 40.3 Å². The molecule has 0 bridgehead atoms. The van der Waals surface area contributed by atoms with E-state index >= 15 is 0 Å². The minimum atomic E-state index is -1.01. The zero-order valence-electron chi connectivity index (χ0n) is 19.8.